The summed E-state index contributed by atoms with van der Waals surface area (Å²) in [4.78, 5) is 13.1. The van der Waals surface area contributed by atoms with Crippen LogP contribution in [0.1, 0.15) is 18.4 Å². The number of nitrogens with one attached hydrogen (secondary N) is 1. The van der Waals surface area contributed by atoms with Gasteiger partial charge >= 0.3 is 5.97 Å². The zero-order valence-electron chi connectivity index (χ0n) is 11.0. The first-order chi connectivity index (χ1) is 9.06. The second-order valence-corrected chi connectivity index (χ2v) is 5.86. The molecule has 0 aliphatic carbocycles. The molecule has 5 heteroatoms. The van der Waals surface area contributed by atoms with Crippen LogP contribution in [0.3, 0.4) is 0 Å². The number of anilines is 1. The highest BCUT2D eigenvalue weighted by Crippen LogP contribution is 2.28. The molecule has 1 aromatic rings. The Balaban J connectivity index is 2.15. The second-order valence-electron chi connectivity index (χ2n) is 5.00. The zero-order valence-corrected chi connectivity index (χ0v) is 12.6. The number of halogens is 1. The van der Waals surface area contributed by atoms with Gasteiger partial charge in [-0.05, 0) is 53.5 Å². The van der Waals surface area contributed by atoms with Crippen molar-refractivity contribution in [3.05, 3.63) is 28.2 Å². The van der Waals surface area contributed by atoms with Gasteiger partial charge in [-0.25, -0.2) is 0 Å². The minimum atomic E-state index is -0.748. The lowest BCUT2D eigenvalue weighted by molar-refractivity contribution is -0.137. The average molecular weight is 327 g/mol. The molecule has 0 spiro atoms. The molecule has 4 nitrogen and oxygen atoms in total. The second kappa shape index (κ2) is 6.39. The number of carbonyl (C=O) groups is 1. The number of hydrogen-bond donors (Lipinski definition) is 2. The number of nitrogens with zero attached hydrogens (tertiary/aromatic N) is 1. The van der Waals surface area contributed by atoms with Crippen LogP contribution in [0.15, 0.2) is 22.7 Å². The molecule has 0 aromatic heterocycles. The summed E-state index contributed by atoms with van der Waals surface area (Å²) < 4.78 is 1.07. The first kappa shape index (κ1) is 14.3. The smallest absolute Gasteiger partial charge is 0.304 e. The number of rotatable bonds is 3. The lowest BCUT2D eigenvalue weighted by Gasteiger charge is -2.27. The largest absolute Gasteiger partial charge is 0.481 e. The number of carboxylic acids is 1. The van der Waals surface area contributed by atoms with E-state index in [0.717, 1.165) is 36.2 Å². The van der Waals surface area contributed by atoms with Gasteiger partial charge in [0.1, 0.15) is 0 Å². The molecule has 1 heterocycles. The van der Waals surface area contributed by atoms with Crippen molar-refractivity contribution in [1.82, 2.24) is 5.32 Å². The van der Waals surface area contributed by atoms with E-state index in [1.807, 2.05) is 0 Å². The first-order valence-electron chi connectivity index (χ1n) is 6.52. The van der Waals surface area contributed by atoms with E-state index in [1.165, 1.54) is 5.56 Å². The Morgan fingerprint density at radius 1 is 1.58 bits per heavy atom. The van der Waals surface area contributed by atoms with Crippen molar-refractivity contribution >= 4 is 27.6 Å². The Hall–Kier alpha value is -1.07. The van der Waals surface area contributed by atoms with E-state index < -0.39 is 5.97 Å². The van der Waals surface area contributed by atoms with E-state index >= 15 is 0 Å². The fourth-order valence-electron chi connectivity index (χ4n) is 2.43. The number of carboxylic acid groups (broad SMARTS) is 1. The fraction of sp³-hybridized carbons (Fsp3) is 0.500. The van der Waals surface area contributed by atoms with Crippen molar-refractivity contribution in [2.24, 2.45) is 0 Å². The first-order valence-corrected chi connectivity index (χ1v) is 7.32. The van der Waals surface area contributed by atoms with E-state index in [2.05, 4.69) is 51.3 Å². The molecule has 1 aromatic carbocycles. The quantitative estimate of drug-likeness (QED) is 0.895. The minimum Gasteiger partial charge on any atom is -0.481 e. The summed E-state index contributed by atoms with van der Waals surface area (Å²) in [7, 11) is 0. The van der Waals surface area contributed by atoms with Gasteiger partial charge in [0.2, 0.25) is 0 Å². The Kier molecular flexibility index (Phi) is 4.82. The van der Waals surface area contributed by atoms with Crippen LogP contribution < -0.4 is 10.2 Å². The fourth-order valence-corrected chi connectivity index (χ4v) is 3.18. The maximum Gasteiger partial charge on any atom is 0.304 e. The Morgan fingerprint density at radius 3 is 3.05 bits per heavy atom. The maximum atomic E-state index is 10.9. The van der Waals surface area contributed by atoms with Crippen molar-refractivity contribution in [2.75, 3.05) is 24.5 Å². The molecule has 2 N–H and O–H groups in total. The van der Waals surface area contributed by atoms with Crippen LogP contribution >= 0.6 is 15.9 Å². The highest BCUT2D eigenvalue weighted by molar-refractivity contribution is 9.10. The van der Waals surface area contributed by atoms with Gasteiger partial charge in [-0.3, -0.25) is 4.79 Å². The normalized spacial score (nSPS) is 20.1. The molecular weight excluding hydrogens is 308 g/mol. The third kappa shape index (κ3) is 3.94. The molecule has 19 heavy (non-hydrogen) atoms. The molecule has 1 saturated heterocycles. The van der Waals surface area contributed by atoms with Crippen LogP contribution in [0.2, 0.25) is 0 Å². The summed E-state index contributed by atoms with van der Waals surface area (Å²) >= 11 is 3.60. The SMILES string of the molecule is Cc1ccc(N2CCCNC(CC(=O)O)C2)c(Br)c1. The van der Waals surface area contributed by atoms with E-state index in [0.29, 0.717) is 0 Å². The molecule has 1 aliphatic heterocycles. The summed E-state index contributed by atoms with van der Waals surface area (Å²) in [6, 6.07) is 6.29. The van der Waals surface area contributed by atoms with Crippen LogP contribution in [-0.4, -0.2) is 36.8 Å². The van der Waals surface area contributed by atoms with Gasteiger partial charge in [0.25, 0.3) is 0 Å². The van der Waals surface area contributed by atoms with Crippen LogP contribution in [0, 0.1) is 6.92 Å². The number of hydrogen-bond acceptors (Lipinski definition) is 3. The molecule has 1 atom stereocenters. The number of aryl methyl sites for hydroxylation is 1. The van der Waals surface area contributed by atoms with Crippen LogP contribution in [-0.2, 0) is 4.79 Å². The van der Waals surface area contributed by atoms with Gasteiger partial charge in [-0.15, -0.1) is 0 Å². The van der Waals surface area contributed by atoms with E-state index in [4.69, 9.17) is 5.11 Å². The molecule has 104 valence electrons. The molecule has 2 rings (SSSR count). The molecular formula is C14H19BrN2O2. The maximum absolute atomic E-state index is 10.9. The van der Waals surface area contributed by atoms with Gasteiger partial charge < -0.3 is 15.3 Å². The van der Waals surface area contributed by atoms with Crippen molar-refractivity contribution < 1.29 is 9.90 Å². The third-order valence-electron chi connectivity index (χ3n) is 3.34. The van der Waals surface area contributed by atoms with Crippen LogP contribution in [0.5, 0.6) is 0 Å². The Bertz CT molecular complexity index is 465. The van der Waals surface area contributed by atoms with Crippen molar-refractivity contribution in [1.29, 1.82) is 0 Å². The number of benzene rings is 1. The van der Waals surface area contributed by atoms with E-state index in [-0.39, 0.29) is 12.5 Å². The molecule has 1 unspecified atom stereocenters. The van der Waals surface area contributed by atoms with Gasteiger partial charge in [0.05, 0.1) is 12.1 Å². The Labute approximate surface area is 121 Å². The van der Waals surface area contributed by atoms with E-state index in [9.17, 15) is 4.79 Å². The van der Waals surface area contributed by atoms with Crippen molar-refractivity contribution in [2.45, 2.75) is 25.8 Å². The monoisotopic (exact) mass is 326 g/mol. The third-order valence-corrected chi connectivity index (χ3v) is 3.98. The topological polar surface area (TPSA) is 52.6 Å². The van der Waals surface area contributed by atoms with E-state index in [1.54, 1.807) is 0 Å². The average Bonchev–Trinajstić information content (AvgIpc) is 2.53. The summed E-state index contributed by atoms with van der Waals surface area (Å²) in [5.74, 6) is -0.748. The minimum absolute atomic E-state index is 0.00760. The summed E-state index contributed by atoms with van der Waals surface area (Å²) in [5, 5.41) is 12.2. The Morgan fingerprint density at radius 2 is 2.37 bits per heavy atom. The summed E-state index contributed by atoms with van der Waals surface area (Å²) in [6.45, 7) is 4.61. The molecule has 1 aliphatic rings. The van der Waals surface area contributed by atoms with Gasteiger partial charge in [-0.2, -0.15) is 0 Å². The van der Waals surface area contributed by atoms with Crippen LogP contribution in [0.4, 0.5) is 5.69 Å². The lowest BCUT2D eigenvalue weighted by Crippen LogP contribution is -2.39. The lowest BCUT2D eigenvalue weighted by atomic mass is 10.1. The zero-order chi connectivity index (χ0) is 13.8. The predicted octanol–water partition coefficient (Wildman–Crippen LogP) is 2.40. The highest BCUT2D eigenvalue weighted by atomic mass is 79.9. The molecule has 0 amide bonds. The predicted molar refractivity (Wildman–Crippen MR) is 79.8 cm³/mol. The van der Waals surface area contributed by atoms with Gasteiger partial charge in [0.15, 0.2) is 0 Å². The molecule has 0 bridgehead atoms. The molecule has 0 radical (unpaired) electrons. The number of aliphatic carboxylic acids is 1. The van der Waals surface area contributed by atoms with Gasteiger partial charge in [0, 0.05) is 23.6 Å². The standard InChI is InChI=1S/C14H19BrN2O2/c1-10-3-4-13(12(15)7-10)17-6-2-5-16-11(9-17)8-14(18)19/h3-4,7,11,16H,2,5-6,8-9H2,1H3,(H,18,19). The molecule has 0 saturated carbocycles. The summed E-state index contributed by atoms with van der Waals surface area (Å²) in [5.41, 5.74) is 2.36. The highest BCUT2D eigenvalue weighted by Gasteiger charge is 2.21. The summed E-state index contributed by atoms with van der Waals surface area (Å²) in [6.07, 6.45) is 1.19. The van der Waals surface area contributed by atoms with Crippen molar-refractivity contribution in [3.63, 3.8) is 0 Å². The van der Waals surface area contributed by atoms with Crippen LogP contribution in [0.25, 0.3) is 0 Å². The van der Waals surface area contributed by atoms with Crippen molar-refractivity contribution in [3.8, 4) is 0 Å². The molecule has 1 fully saturated rings. The van der Waals surface area contributed by atoms with Gasteiger partial charge in [-0.1, -0.05) is 6.07 Å².